The fourth-order valence-electron chi connectivity index (χ4n) is 2.64. The van der Waals surface area contributed by atoms with Crippen LogP contribution in [0.4, 0.5) is 5.82 Å². The lowest BCUT2D eigenvalue weighted by molar-refractivity contribution is 0.0820. The normalized spacial score (nSPS) is 12.2. The van der Waals surface area contributed by atoms with Gasteiger partial charge in [-0.2, -0.15) is 0 Å². The molecule has 8 heteroatoms. The number of nitrogen functional groups attached to an aromatic ring is 1. The van der Waals surface area contributed by atoms with Gasteiger partial charge < -0.3 is 31.3 Å². The summed E-state index contributed by atoms with van der Waals surface area (Å²) < 4.78 is 10.9. The number of pyridine rings is 1. The number of ether oxygens (including phenoxy) is 2. The predicted octanol–water partition coefficient (Wildman–Crippen LogP) is 2.22. The van der Waals surface area contributed by atoms with Crippen LogP contribution in [0.5, 0.6) is 5.75 Å². The van der Waals surface area contributed by atoms with E-state index in [0.29, 0.717) is 24.4 Å². The molecule has 1 atom stereocenters. The molecular weight excluding hydrogens is 370 g/mol. The van der Waals surface area contributed by atoms with Crippen LogP contribution in [0.25, 0.3) is 5.57 Å². The molecule has 0 saturated heterocycles. The molecule has 0 aliphatic carbocycles. The van der Waals surface area contributed by atoms with Crippen LogP contribution in [0.1, 0.15) is 28.4 Å². The summed E-state index contributed by atoms with van der Waals surface area (Å²) in [7, 11) is 3.35. The summed E-state index contributed by atoms with van der Waals surface area (Å²) in [5, 5.41) is 13.2. The van der Waals surface area contributed by atoms with Gasteiger partial charge in [0, 0.05) is 42.8 Å². The summed E-state index contributed by atoms with van der Waals surface area (Å²) in [6.07, 6.45) is 4.36. The minimum absolute atomic E-state index is 0.129. The molecule has 1 amide bonds. The molecule has 0 fully saturated rings. The number of aromatic nitrogens is 1. The number of nitrogens with two attached hydrogens (primary N) is 1. The zero-order valence-corrected chi connectivity index (χ0v) is 16.9. The molecule has 29 heavy (non-hydrogen) atoms. The average Bonchev–Trinajstić information content (AvgIpc) is 2.72. The average molecular weight is 397 g/mol. The molecule has 154 valence electrons. The first-order valence-corrected chi connectivity index (χ1v) is 9.13. The first kappa shape index (κ1) is 21.9. The van der Waals surface area contributed by atoms with Crippen molar-refractivity contribution >= 4 is 23.5 Å². The van der Waals surface area contributed by atoms with Gasteiger partial charge in [-0.05, 0) is 30.7 Å². The van der Waals surface area contributed by atoms with E-state index in [2.05, 4.69) is 15.6 Å². The van der Waals surface area contributed by atoms with Crippen molar-refractivity contribution in [2.75, 3.05) is 26.5 Å². The summed E-state index contributed by atoms with van der Waals surface area (Å²) in [6, 6.07) is 9.01. The first-order valence-electron chi connectivity index (χ1n) is 9.13. The van der Waals surface area contributed by atoms with Crippen LogP contribution in [0, 0.1) is 5.41 Å². The van der Waals surface area contributed by atoms with Gasteiger partial charge in [0.25, 0.3) is 5.91 Å². The maximum atomic E-state index is 12.6. The highest BCUT2D eigenvalue weighted by molar-refractivity contribution is 6.09. The Labute approximate surface area is 170 Å². The molecule has 1 aromatic carbocycles. The topological polar surface area (TPSA) is 122 Å². The van der Waals surface area contributed by atoms with Crippen molar-refractivity contribution in [3.63, 3.8) is 0 Å². The van der Waals surface area contributed by atoms with E-state index in [4.69, 9.17) is 20.6 Å². The molecule has 0 spiro atoms. The summed E-state index contributed by atoms with van der Waals surface area (Å²) in [4.78, 5) is 16.7. The first-order chi connectivity index (χ1) is 14.0. The number of carbonyl (C=O) groups excluding carboxylic acids is 1. The standard InChI is InChI=1S/C21H27N5O3/c1-14(12-29-13-15-5-4-6-18(7-15)28-3)26-21(27)19-8-16(11-25-20(19)23)17(9-22)10-24-2/h4-11,14,22,24H,12-13H2,1-3H3,(H2,23,25)(H,26,27)/b17-10+,22-9?. The predicted molar refractivity (Wildman–Crippen MR) is 114 cm³/mol. The van der Waals surface area contributed by atoms with Crippen molar-refractivity contribution in [1.29, 1.82) is 5.41 Å². The molecule has 8 nitrogen and oxygen atoms in total. The van der Waals surface area contributed by atoms with E-state index < -0.39 is 0 Å². The van der Waals surface area contributed by atoms with E-state index in [0.717, 1.165) is 11.3 Å². The fourth-order valence-corrected chi connectivity index (χ4v) is 2.64. The molecule has 1 aromatic heterocycles. The van der Waals surface area contributed by atoms with Crippen LogP contribution in [0.3, 0.4) is 0 Å². The lowest BCUT2D eigenvalue weighted by Gasteiger charge is -2.16. The number of hydrogen-bond donors (Lipinski definition) is 4. The van der Waals surface area contributed by atoms with Crippen LogP contribution >= 0.6 is 0 Å². The Morgan fingerprint density at radius 2 is 2.17 bits per heavy atom. The fraction of sp³-hybridized carbons (Fsp3) is 0.286. The number of allylic oxidation sites excluding steroid dienone is 1. The summed E-state index contributed by atoms with van der Waals surface area (Å²) >= 11 is 0. The maximum absolute atomic E-state index is 12.6. The SMILES string of the molecule is CN/C=C(\C=N)c1cnc(N)c(C(=O)NC(C)COCc2cccc(OC)c2)c1. The van der Waals surface area contributed by atoms with Gasteiger partial charge in [-0.15, -0.1) is 0 Å². The number of rotatable bonds is 10. The van der Waals surface area contributed by atoms with Crippen LogP contribution in [-0.2, 0) is 11.3 Å². The second kappa shape index (κ2) is 10.8. The van der Waals surface area contributed by atoms with E-state index in [-0.39, 0.29) is 23.3 Å². The largest absolute Gasteiger partial charge is 0.497 e. The van der Waals surface area contributed by atoms with Gasteiger partial charge in [-0.25, -0.2) is 4.98 Å². The minimum Gasteiger partial charge on any atom is -0.497 e. The molecule has 2 aromatic rings. The van der Waals surface area contributed by atoms with Gasteiger partial charge in [0.2, 0.25) is 0 Å². The maximum Gasteiger partial charge on any atom is 0.255 e. The van der Waals surface area contributed by atoms with Crippen molar-refractivity contribution in [2.45, 2.75) is 19.6 Å². The van der Waals surface area contributed by atoms with Crippen molar-refractivity contribution in [3.05, 3.63) is 59.4 Å². The van der Waals surface area contributed by atoms with Gasteiger partial charge >= 0.3 is 0 Å². The monoisotopic (exact) mass is 397 g/mol. The number of hydrogen-bond acceptors (Lipinski definition) is 7. The number of nitrogens with zero attached hydrogens (tertiary/aromatic N) is 1. The molecule has 0 saturated carbocycles. The van der Waals surface area contributed by atoms with Crippen molar-refractivity contribution in [1.82, 2.24) is 15.6 Å². The van der Waals surface area contributed by atoms with Crippen molar-refractivity contribution in [3.8, 4) is 5.75 Å². The number of anilines is 1. The summed E-state index contributed by atoms with van der Waals surface area (Å²) in [6.45, 7) is 2.59. The Morgan fingerprint density at radius 3 is 2.86 bits per heavy atom. The minimum atomic E-state index is -0.344. The molecule has 2 rings (SSSR count). The Bertz CT molecular complexity index is 882. The van der Waals surface area contributed by atoms with Crippen LogP contribution in [0.2, 0.25) is 0 Å². The highest BCUT2D eigenvalue weighted by atomic mass is 16.5. The van der Waals surface area contributed by atoms with Gasteiger partial charge in [-0.3, -0.25) is 4.79 Å². The summed E-state index contributed by atoms with van der Waals surface area (Å²) in [5.41, 5.74) is 8.33. The van der Waals surface area contributed by atoms with E-state index in [1.807, 2.05) is 31.2 Å². The Kier molecular flexibility index (Phi) is 8.17. The Morgan fingerprint density at radius 1 is 1.38 bits per heavy atom. The molecule has 0 aliphatic rings. The zero-order valence-electron chi connectivity index (χ0n) is 16.9. The van der Waals surface area contributed by atoms with Crippen LogP contribution < -0.4 is 21.1 Å². The molecule has 5 N–H and O–H groups in total. The molecule has 0 radical (unpaired) electrons. The van der Waals surface area contributed by atoms with E-state index in [1.165, 1.54) is 12.4 Å². The van der Waals surface area contributed by atoms with E-state index in [1.54, 1.807) is 26.4 Å². The second-order valence-corrected chi connectivity index (χ2v) is 6.43. The van der Waals surface area contributed by atoms with E-state index in [9.17, 15) is 4.79 Å². The molecule has 0 aliphatic heterocycles. The lowest BCUT2D eigenvalue weighted by Crippen LogP contribution is -2.36. The smallest absolute Gasteiger partial charge is 0.255 e. The number of benzene rings is 1. The molecule has 1 unspecified atom stereocenters. The zero-order chi connectivity index (χ0) is 21.2. The van der Waals surface area contributed by atoms with Gasteiger partial charge in [0.05, 0.1) is 25.9 Å². The Hall–Kier alpha value is -3.39. The summed E-state index contributed by atoms with van der Waals surface area (Å²) in [5.74, 6) is 0.555. The highest BCUT2D eigenvalue weighted by Gasteiger charge is 2.15. The second-order valence-electron chi connectivity index (χ2n) is 6.43. The Balaban J connectivity index is 1.96. The lowest BCUT2D eigenvalue weighted by atomic mass is 10.1. The number of carbonyl (C=O) groups is 1. The molecule has 1 heterocycles. The number of nitrogens with one attached hydrogen (secondary N) is 3. The third kappa shape index (κ3) is 6.32. The third-order valence-electron chi connectivity index (χ3n) is 4.10. The van der Waals surface area contributed by atoms with E-state index >= 15 is 0 Å². The van der Waals surface area contributed by atoms with Gasteiger partial charge in [0.15, 0.2) is 0 Å². The van der Waals surface area contributed by atoms with Crippen molar-refractivity contribution < 1.29 is 14.3 Å². The van der Waals surface area contributed by atoms with Gasteiger partial charge in [0.1, 0.15) is 11.6 Å². The van der Waals surface area contributed by atoms with Gasteiger partial charge in [-0.1, -0.05) is 12.1 Å². The number of methoxy groups -OCH3 is 1. The van der Waals surface area contributed by atoms with Crippen LogP contribution in [0.15, 0.2) is 42.7 Å². The molecule has 0 bridgehead atoms. The number of amides is 1. The van der Waals surface area contributed by atoms with Crippen molar-refractivity contribution in [2.24, 2.45) is 0 Å². The highest BCUT2D eigenvalue weighted by Crippen LogP contribution is 2.17. The quantitative estimate of drug-likeness (QED) is 0.456. The third-order valence-corrected chi connectivity index (χ3v) is 4.10. The van der Waals surface area contributed by atoms with Crippen LogP contribution in [-0.4, -0.2) is 43.9 Å². The molecular formula is C21H27N5O3.